The quantitative estimate of drug-likeness (QED) is 0.790. The molecule has 0 bridgehead atoms. The minimum atomic E-state index is -0.0667. The van der Waals surface area contributed by atoms with Gasteiger partial charge < -0.3 is 10.2 Å². The van der Waals surface area contributed by atoms with Gasteiger partial charge in [-0.15, -0.1) is 0 Å². The van der Waals surface area contributed by atoms with Gasteiger partial charge in [-0.2, -0.15) is 5.10 Å². The van der Waals surface area contributed by atoms with E-state index in [1.54, 1.807) is 11.9 Å². The molecule has 3 aromatic rings. The number of carbonyl (C=O) groups excluding carboxylic acids is 1. The van der Waals surface area contributed by atoms with Crippen LogP contribution in [0.4, 0.5) is 5.69 Å². The predicted molar refractivity (Wildman–Crippen MR) is 102 cm³/mol. The molecule has 0 saturated heterocycles. The number of anilines is 1. The molecule has 0 unspecified atom stereocenters. The molecule has 0 atom stereocenters. The number of amides is 1. The van der Waals surface area contributed by atoms with Crippen molar-refractivity contribution in [3.8, 4) is 0 Å². The summed E-state index contributed by atoms with van der Waals surface area (Å²) in [5, 5.41) is 8.09. The van der Waals surface area contributed by atoms with Crippen molar-refractivity contribution in [1.82, 2.24) is 15.1 Å². The molecule has 0 fully saturated rings. The second kappa shape index (κ2) is 7.14. The Morgan fingerprint density at radius 3 is 2.54 bits per heavy atom. The Balaban J connectivity index is 1.69. The second-order valence-electron chi connectivity index (χ2n) is 6.54. The zero-order valence-electron chi connectivity index (χ0n) is 14.9. The van der Waals surface area contributed by atoms with E-state index in [0.717, 1.165) is 29.9 Å². The van der Waals surface area contributed by atoms with Gasteiger partial charge in [-0.3, -0.25) is 9.48 Å². The summed E-state index contributed by atoms with van der Waals surface area (Å²) in [6.07, 6.45) is 0.886. The zero-order chi connectivity index (χ0) is 17.9. The fourth-order valence-corrected chi connectivity index (χ4v) is 3.41. The van der Waals surface area contributed by atoms with Crippen molar-refractivity contribution in [2.24, 2.45) is 0 Å². The number of hydrogen-bond acceptors (Lipinski definition) is 3. The molecule has 1 aliphatic rings. The van der Waals surface area contributed by atoms with Crippen LogP contribution in [-0.2, 0) is 19.5 Å². The van der Waals surface area contributed by atoms with Crippen LogP contribution in [0.2, 0.25) is 0 Å². The summed E-state index contributed by atoms with van der Waals surface area (Å²) >= 11 is 0. The predicted octanol–water partition coefficient (Wildman–Crippen LogP) is 2.85. The maximum atomic E-state index is 13.1. The maximum absolute atomic E-state index is 13.1. The van der Waals surface area contributed by atoms with E-state index in [1.165, 1.54) is 5.56 Å². The Morgan fingerprint density at radius 1 is 1.12 bits per heavy atom. The summed E-state index contributed by atoms with van der Waals surface area (Å²) in [6.45, 7) is 2.29. The van der Waals surface area contributed by atoms with Crippen LogP contribution in [0.25, 0.3) is 0 Å². The lowest BCUT2D eigenvalue weighted by Gasteiger charge is -2.18. The first-order chi connectivity index (χ1) is 12.7. The van der Waals surface area contributed by atoms with E-state index in [4.69, 9.17) is 5.10 Å². The standard InChI is InChI=1S/C21H22N4O/c1-24(17-10-6-3-7-11-17)21(26)20-18-14-22-13-12-19(18)25(23-20)15-16-8-4-2-5-9-16/h2-11,22H,12-15H2,1H3. The van der Waals surface area contributed by atoms with Gasteiger partial charge in [0.05, 0.1) is 6.54 Å². The van der Waals surface area contributed by atoms with Gasteiger partial charge in [-0.25, -0.2) is 0 Å². The number of benzene rings is 2. The van der Waals surface area contributed by atoms with Crippen LogP contribution in [0.1, 0.15) is 27.3 Å². The first-order valence-electron chi connectivity index (χ1n) is 8.90. The van der Waals surface area contributed by atoms with Gasteiger partial charge in [-0.05, 0) is 17.7 Å². The molecule has 0 spiro atoms. The highest BCUT2D eigenvalue weighted by atomic mass is 16.2. The summed E-state index contributed by atoms with van der Waals surface area (Å²) in [6, 6.07) is 19.9. The number of nitrogens with zero attached hydrogens (tertiary/aromatic N) is 3. The van der Waals surface area contributed by atoms with Gasteiger partial charge >= 0.3 is 0 Å². The first kappa shape index (κ1) is 16.5. The van der Waals surface area contributed by atoms with E-state index in [0.29, 0.717) is 18.8 Å². The second-order valence-corrected chi connectivity index (χ2v) is 6.54. The summed E-state index contributed by atoms with van der Waals surface area (Å²) in [4.78, 5) is 14.8. The van der Waals surface area contributed by atoms with Crippen LogP contribution in [0.5, 0.6) is 0 Å². The Hall–Kier alpha value is -2.92. The summed E-state index contributed by atoms with van der Waals surface area (Å²) in [5.74, 6) is -0.0667. The third-order valence-electron chi connectivity index (χ3n) is 4.83. The highest BCUT2D eigenvalue weighted by Crippen LogP contribution is 2.23. The molecule has 132 valence electrons. The lowest BCUT2D eigenvalue weighted by Crippen LogP contribution is -2.30. The molecule has 1 N–H and O–H groups in total. The van der Waals surface area contributed by atoms with Gasteiger partial charge in [0.25, 0.3) is 5.91 Å². The highest BCUT2D eigenvalue weighted by Gasteiger charge is 2.27. The summed E-state index contributed by atoms with van der Waals surface area (Å²) in [5.41, 5.74) is 4.80. The molecular formula is C21H22N4O. The van der Waals surface area contributed by atoms with Crippen molar-refractivity contribution in [2.45, 2.75) is 19.5 Å². The molecular weight excluding hydrogens is 324 g/mol. The third kappa shape index (κ3) is 3.13. The SMILES string of the molecule is CN(C(=O)c1nn(Cc2ccccc2)c2c1CNCC2)c1ccccc1. The number of fused-ring (bicyclic) bond motifs is 1. The largest absolute Gasteiger partial charge is 0.312 e. The smallest absolute Gasteiger partial charge is 0.278 e. The summed E-state index contributed by atoms with van der Waals surface area (Å²) < 4.78 is 2.00. The molecule has 26 heavy (non-hydrogen) atoms. The van der Waals surface area contributed by atoms with Crippen molar-refractivity contribution < 1.29 is 4.79 Å². The van der Waals surface area contributed by atoms with Crippen molar-refractivity contribution in [3.05, 3.63) is 83.2 Å². The van der Waals surface area contributed by atoms with E-state index in [2.05, 4.69) is 17.4 Å². The van der Waals surface area contributed by atoms with E-state index >= 15 is 0 Å². The average molecular weight is 346 g/mol. The van der Waals surface area contributed by atoms with E-state index < -0.39 is 0 Å². The summed E-state index contributed by atoms with van der Waals surface area (Å²) in [7, 11) is 1.80. The van der Waals surface area contributed by atoms with Crippen molar-refractivity contribution in [1.29, 1.82) is 0 Å². The fourth-order valence-electron chi connectivity index (χ4n) is 3.41. The lowest BCUT2D eigenvalue weighted by molar-refractivity contribution is 0.0986. The zero-order valence-corrected chi connectivity index (χ0v) is 14.9. The van der Waals surface area contributed by atoms with Gasteiger partial charge in [0, 0.05) is 43.5 Å². The Bertz CT molecular complexity index is 903. The van der Waals surface area contributed by atoms with Crippen molar-refractivity contribution >= 4 is 11.6 Å². The number of aromatic nitrogens is 2. The normalized spacial score (nSPS) is 13.3. The third-order valence-corrected chi connectivity index (χ3v) is 4.83. The minimum Gasteiger partial charge on any atom is -0.312 e. The van der Waals surface area contributed by atoms with Crippen LogP contribution in [0.3, 0.4) is 0 Å². The molecule has 4 rings (SSSR count). The molecule has 0 radical (unpaired) electrons. The molecule has 0 saturated carbocycles. The molecule has 0 aliphatic carbocycles. The molecule has 5 heteroatoms. The topological polar surface area (TPSA) is 50.2 Å². The van der Waals surface area contributed by atoms with Crippen LogP contribution in [0, 0.1) is 0 Å². The maximum Gasteiger partial charge on any atom is 0.278 e. The van der Waals surface area contributed by atoms with Gasteiger partial charge in [-0.1, -0.05) is 48.5 Å². The Labute approximate surface area is 153 Å². The number of hydrogen-bond donors (Lipinski definition) is 1. The molecule has 2 aromatic carbocycles. The Kier molecular flexibility index (Phi) is 4.54. The van der Waals surface area contributed by atoms with Crippen molar-refractivity contribution in [2.75, 3.05) is 18.5 Å². The Morgan fingerprint density at radius 2 is 1.81 bits per heavy atom. The number of rotatable bonds is 4. The van der Waals surface area contributed by atoms with Crippen LogP contribution in [0.15, 0.2) is 60.7 Å². The van der Waals surface area contributed by atoms with Crippen molar-refractivity contribution in [3.63, 3.8) is 0 Å². The molecule has 1 aromatic heterocycles. The fraction of sp³-hybridized carbons (Fsp3) is 0.238. The highest BCUT2D eigenvalue weighted by molar-refractivity contribution is 6.05. The minimum absolute atomic E-state index is 0.0667. The molecule has 5 nitrogen and oxygen atoms in total. The van der Waals surface area contributed by atoms with E-state index in [9.17, 15) is 4.79 Å². The monoisotopic (exact) mass is 346 g/mol. The molecule has 2 heterocycles. The average Bonchev–Trinajstić information content (AvgIpc) is 3.07. The van der Waals surface area contributed by atoms with Crippen LogP contribution in [-0.4, -0.2) is 29.3 Å². The van der Waals surface area contributed by atoms with Gasteiger partial charge in [0.1, 0.15) is 0 Å². The molecule has 1 amide bonds. The number of para-hydroxylation sites is 1. The van der Waals surface area contributed by atoms with Gasteiger partial charge in [0.15, 0.2) is 5.69 Å². The number of carbonyl (C=O) groups is 1. The van der Waals surface area contributed by atoms with Crippen LogP contribution >= 0.6 is 0 Å². The van der Waals surface area contributed by atoms with E-state index in [-0.39, 0.29) is 5.91 Å². The lowest BCUT2D eigenvalue weighted by atomic mass is 10.1. The van der Waals surface area contributed by atoms with E-state index in [1.807, 2.05) is 53.2 Å². The first-order valence-corrected chi connectivity index (χ1v) is 8.90. The van der Waals surface area contributed by atoms with Gasteiger partial charge in [0.2, 0.25) is 0 Å². The van der Waals surface area contributed by atoms with Crippen LogP contribution < -0.4 is 10.2 Å². The number of nitrogens with one attached hydrogen (secondary N) is 1. The molecule has 1 aliphatic heterocycles.